The lowest BCUT2D eigenvalue weighted by Gasteiger charge is -2.34. The highest BCUT2D eigenvalue weighted by atomic mass is 35.5. The van der Waals surface area contributed by atoms with Crippen LogP contribution in [0.5, 0.6) is 5.75 Å². The number of hydrogen-bond donors (Lipinski definition) is 3. The fraction of sp³-hybridized carbons (Fsp3) is 0.571. The molecule has 0 heterocycles. The van der Waals surface area contributed by atoms with Gasteiger partial charge >= 0.3 is 0 Å². The first-order chi connectivity index (χ1) is 8.22. The van der Waals surface area contributed by atoms with Crippen LogP contribution >= 0.6 is 12.4 Å². The van der Waals surface area contributed by atoms with Gasteiger partial charge in [-0.15, -0.1) is 12.4 Å². The van der Waals surface area contributed by atoms with Crippen molar-refractivity contribution in [1.29, 1.82) is 0 Å². The summed E-state index contributed by atoms with van der Waals surface area (Å²) in [4.78, 5) is 0. The highest BCUT2D eigenvalue weighted by molar-refractivity contribution is 5.85. The lowest BCUT2D eigenvalue weighted by molar-refractivity contribution is 0.0494. The summed E-state index contributed by atoms with van der Waals surface area (Å²) in [6, 6.07) is 7.43. The Balaban J connectivity index is 0.00000162. The predicted molar refractivity (Wildman–Crippen MR) is 75.1 cm³/mol. The standard InChI is InChI=1S/C14H21NO2.ClH/c1-15-14(10-5-4-6-11(16)9-10)12-7-2-3-8-13(12)17;/h4-6,9,12-17H,2-3,7-8H2,1H3;1H/t12-,13+,14?;/m1./s1. The van der Waals surface area contributed by atoms with Crippen LogP contribution < -0.4 is 5.32 Å². The largest absolute Gasteiger partial charge is 0.508 e. The van der Waals surface area contributed by atoms with Gasteiger partial charge in [0.2, 0.25) is 0 Å². The molecule has 1 aromatic rings. The number of aromatic hydroxyl groups is 1. The first kappa shape index (κ1) is 15.3. The molecule has 3 atom stereocenters. The van der Waals surface area contributed by atoms with Crippen LogP contribution in [0.15, 0.2) is 24.3 Å². The van der Waals surface area contributed by atoms with Crippen molar-refractivity contribution >= 4 is 12.4 Å². The second kappa shape index (κ2) is 6.98. The number of phenolic OH excluding ortho intramolecular Hbond substituents is 1. The monoisotopic (exact) mass is 271 g/mol. The summed E-state index contributed by atoms with van der Waals surface area (Å²) >= 11 is 0. The van der Waals surface area contributed by atoms with Gasteiger partial charge in [0.15, 0.2) is 0 Å². The minimum absolute atomic E-state index is 0. The average molecular weight is 272 g/mol. The zero-order valence-corrected chi connectivity index (χ0v) is 11.5. The van der Waals surface area contributed by atoms with Crippen molar-refractivity contribution in [3.8, 4) is 5.75 Å². The number of halogens is 1. The molecular formula is C14H22ClNO2. The summed E-state index contributed by atoms with van der Waals surface area (Å²) in [6.07, 6.45) is 4.00. The molecule has 4 heteroatoms. The number of aliphatic hydroxyl groups is 1. The van der Waals surface area contributed by atoms with Crippen LogP contribution in [0.25, 0.3) is 0 Å². The lowest BCUT2D eigenvalue weighted by atomic mass is 9.79. The Kier molecular flexibility index (Phi) is 5.93. The quantitative estimate of drug-likeness (QED) is 0.792. The number of aliphatic hydroxyl groups excluding tert-OH is 1. The van der Waals surface area contributed by atoms with E-state index in [1.54, 1.807) is 12.1 Å². The summed E-state index contributed by atoms with van der Waals surface area (Å²) in [7, 11) is 1.91. The van der Waals surface area contributed by atoms with Crippen LogP contribution in [0, 0.1) is 5.92 Å². The molecule has 0 radical (unpaired) electrons. The maximum absolute atomic E-state index is 10.1. The van der Waals surface area contributed by atoms with Crippen molar-refractivity contribution in [2.45, 2.75) is 37.8 Å². The topological polar surface area (TPSA) is 52.5 Å². The number of hydrogen-bond acceptors (Lipinski definition) is 3. The van der Waals surface area contributed by atoms with Gasteiger partial charge in [-0.1, -0.05) is 25.0 Å². The van der Waals surface area contributed by atoms with E-state index in [-0.39, 0.29) is 36.2 Å². The van der Waals surface area contributed by atoms with Gasteiger partial charge in [0, 0.05) is 12.0 Å². The predicted octanol–water partition coefficient (Wildman–Crippen LogP) is 2.63. The van der Waals surface area contributed by atoms with E-state index in [0.717, 1.165) is 24.8 Å². The van der Waals surface area contributed by atoms with Crippen LogP contribution in [0.4, 0.5) is 0 Å². The third kappa shape index (κ3) is 3.37. The van der Waals surface area contributed by atoms with Crippen LogP contribution in [0.3, 0.4) is 0 Å². The molecule has 102 valence electrons. The Morgan fingerprint density at radius 2 is 2.00 bits per heavy atom. The normalized spacial score (nSPS) is 25.2. The van der Waals surface area contributed by atoms with Gasteiger partial charge in [-0.2, -0.15) is 0 Å². The van der Waals surface area contributed by atoms with Crippen molar-refractivity contribution in [1.82, 2.24) is 5.32 Å². The van der Waals surface area contributed by atoms with Crippen LogP contribution in [-0.2, 0) is 0 Å². The molecule has 0 aliphatic heterocycles. The van der Waals surface area contributed by atoms with E-state index in [9.17, 15) is 10.2 Å². The zero-order valence-electron chi connectivity index (χ0n) is 10.7. The molecule has 1 aliphatic carbocycles. The summed E-state index contributed by atoms with van der Waals surface area (Å²) in [5.74, 6) is 0.531. The van der Waals surface area contributed by atoms with Crippen LogP contribution in [0.1, 0.15) is 37.3 Å². The van der Waals surface area contributed by atoms with Crippen molar-refractivity contribution in [3.05, 3.63) is 29.8 Å². The van der Waals surface area contributed by atoms with Crippen LogP contribution in [-0.4, -0.2) is 23.4 Å². The minimum atomic E-state index is -0.233. The Bertz CT molecular complexity index is 373. The van der Waals surface area contributed by atoms with Gasteiger partial charge in [-0.3, -0.25) is 0 Å². The Morgan fingerprint density at radius 1 is 1.28 bits per heavy atom. The molecule has 2 rings (SSSR count). The van der Waals surface area contributed by atoms with Gasteiger partial charge in [-0.05, 0) is 37.6 Å². The molecule has 0 spiro atoms. The van der Waals surface area contributed by atoms with Crippen molar-refractivity contribution in [2.24, 2.45) is 5.92 Å². The number of phenols is 1. The SMILES string of the molecule is CNC(c1cccc(O)c1)[C@@H]1CCCC[C@@H]1O.Cl. The Hall–Kier alpha value is -0.770. The molecule has 3 N–H and O–H groups in total. The maximum Gasteiger partial charge on any atom is 0.115 e. The molecule has 18 heavy (non-hydrogen) atoms. The maximum atomic E-state index is 10.1. The fourth-order valence-corrected chi connectivity index (χ4v) is 2.87. The number of nitrogens with one attached hydrogen (secondary N) is 1. The molecule has 1 unspecified atom stereocenters. The molecule has 0 saturated heterocycles. The first-order valence-electron chi connectivity index (χ1n) is 6.36. The summed E-state index contributed by atoms with van der Waals surface area (Å²) in [6.45, 7) is 0. The molecule has 0 bridgehead atoms. The number of benzene rings is 1. The highest BCUT2D eigenvalue weighted by Crippen LogP contribution is 2.35. The average Bonchev–Trinajstić information content (AvgIpc) is 2.33. The van der Waals surface area contributed by atoms with E-state index in [1.807, 2.05) is 19.2 Å². The Morgan fingerprint density at radius 3 is 2.61 bits per heavy atom. The second-order valence-corrected chi connectivity index (χ2v) is 4.88. The fourth-order valence-electron chi connectivity index (χ4n) is 2.87. The van der Waals surface area contributed by atoms with E-state index in [4.69, 9.17) is 0 Å². The highest BCUT2D eigenvalue weighted by Gasteiger charge is 2.30. The van der Waals surface area contributed by atoms with E-state index in [0.29, 0.717) is 0 Å². The van der Waals surface area contributed by atoms with E-state index in [2.05, 4.69) is 5.32 Å². The third-order valence-corrected chi connectivity index (χ3v) is 3.75. The first-order valence-corrected chi connectivity index (χ1v) is 6.36. The smallest absolute Gasteiger partial charge is 0.115 e. The molecule has 0 amide bonds. The van der Waals surface area contributed by atoms with Gasteiger partial charge in [0.1, 0.15) is 5.75 Å². The number of rotatable bonds is 3. The van der Waals surface area contributed by atoms with E-state index >= 15 is 0 Å². The minimum Gasteiger partial charge on any atom is -0.508 e. The summed E-state index contributed by atoms with van der Waals surface area (Å²) < 4.78 is 0. The van der Waals surface area contributed by atoms with Crippen molar-refractivity contribution in [2.75, 3.05) is 7.05 Å². The zero-order chi connectivity index (χ0) is 12.3. The second-order valence-electron chi connectivity index (χ2n) is 4.88. The summed E-state index contributed by atoms with van der Waals surface area (Å²) in [5, 5.41) is 22.9. The van der Waals surface area contributed by atoms with Crippen molar-refractivity contribution < 1.29 is 10.2 Å². The molecule has 1 aromatic carbocycles. The van der Waals surface area contributed by atoms with Gasteiger partial charge < -0.3 is 15.5 Å². The molecule has 1 saturated carbocycles. The lowest BCUT2D eigenvalue weighted by Crippen LogP contribution is -2.35. The van der Waals surface area contributed by atoms with Gasteiger partial charge in [-0.25, -0.2) is 0 Å². The molecule has 1 fully saturated rings. The third-order valence-electron chi connectivity index (χ3n) is 3.75. The molecular weight excluding hydrogens is 250 g/mol. The Labute approximate surface area is 115 Å². The van der Waals surface area contributed by atoms with Gasteiger partial charge in [0.05, 0.1) is 6.10 Å². The molecule has 1 aliphatic rings. The molecule has 0 aromatic heterocycles. The van der Waals surface area contributed by atoms with E-state index < -0.39 is 0 Å². The van der Waals surface area contributed by atoms with E-state index in [1.165, 1.54) is 6.42 Å². The van der Waals surface area contributed by atoms with Gasteiger partial charge in [0.25, 0.3) is 0 Å². The van der Waals surface area contributed by atoms with Crippen molar-refractivity contribution in [3.63, 3.8) is 0 Å². The van der Waals surface area contributed by atoms with Crippen LogP contribution in [0.2, 0.25) is 0 Å². The molecule has 3 nitrogen and oxygen atoms in total. The summed E-state index contributed by atoms with van der Waals surface area (Å²) in [5.41, 5.74) is 1.05.